The van der Waals surface area contributed by atoms with Crippen molar-refractivity contribution in [1.82, 2.24) is 0 Å². The second-order valence-electron chi connectivity index (χ2n) is 9.82. The molecule has 0 N–H and O–H groups in total. The molecule has 8 atom stereocenters. The fraction of sp³-hybridized carbons (Fsp3) is 0.952. The van der Waals surface area contributed by atoms with Gasteiger partial charge in [-0.05, 0) is 80.0 Å². The van der Waals surface area contributed by atoms with Gasteiger partial charge in [0, 0.05) is 12.5 Å². The summed E-state index contributed by atoms with van der Waals surface area (Å²) < 4.78 is 5.56. The van der Waals surface area contributed by atoms with E-state index >= 15 is 0 Å². The Kier molecular flexibility index (Phi) is 3.72. The van der Waals surface area contributed by atoms with E-state index in [1.807, 2.05) is 0 Å². The van der Waals surface area contributed by atoms with E-state index in [-0.39, 0.29) is 11.5 Å². The lowest BCUT2D eigenvalue weighted by Crippen LogP contribution is -2.53. The van der Waals surface area contributed by atoms with Gasteiger partial charge < -0.3 is 4.74 Å². The van der Waals surface area contributed by atoms with Crippen molar-refractivity contribution in [3.63, 3.8) is 0 Å². The van der Waals surface area contributed by atoms with Crippen LogP contribution < -0.4 is 0 Å². The predicted molar refractivity (Wildman–Crippen MR) is 92.1 cm³/mol. The van der Waals surface area contributed by atoms with Crippen LogP contribution in [-0.2, 0) is 9.53 Å². The summed E-state index contributed by atoms with van der Waals surface area (Å²) in [5.74, 6) is 4.48. The Labute approximate surface area is 141 Å². The molecule has 0 aromatic rings. The zero-order valence-electron chi connectivity index (χ0n) is 15.4. The Bertz CT molecular complexity index is 500. The maximum atomic E-state index is 12.8. The molecule has 0 spiro atoms. The number of rotatable bonds is 1. The molecular formula is C21H34O2. The quantitative estimate of drug-likeness (QED) is 0.690. The summed E-state index contributed by atoms with van der Waals surface area (Å²) in [7, 11) is 1.72. The summed E-state index contributed by atoms with van der Waals surface area (Å²) in [4.78, 5) is 12.8. The Morgan fingerprint density at radius 2 is 1.78 bits per heavy atom. The lowest BCUT2D eigenvalue weighted by Gasteiger charge is -2.60. The average Bonchev–Trinajstić information content (AvgIpc) is 2.79. The Morgan fingerprint density at radius 1 is 1.00 bits per heavy atom. The first-order valence-electron chi connectivity index (χ1n) is 9.97. The van der Waals surface area contributed by atoms with Gasteiger partial charge >= 0.3 is 0 Å². The molecule has 0 aliphatic heterocycles. The first-order valence-corrected chi connectivity index (χ1v) is 9.97. The zero-order chi connectivity index (χ0) is 16.4. The van der Waals surface area contributed by atoms with E-state index in [2.05, 4.69) is 20.8 Å². The van der Waals surface area contributed by atoms with Gasteiger partial charge in [0.05, 0.1) is 0 Å². The molecular weight excluding hydrogens is 284 g/mol. The molecule has 0 amide bonds. The smallest absolute Gasteiger partial charge is 0.167 e. The predicted octanol–water partition coefficient (Wildman–Crippen LogP) is 4.86. The van der Waals surface area contributed by atoms with Crippen molar-refractivity contribution in [3.8, 4) is 0 Å². The largest absolute Gasteiger partial charge is 0.374 e. The van der Waals surface area contributed by atoms with Gasteiger partial charge in [-0.15, -0.1) is 0 Å². The van der Waals surface area contributed by atoms with Crippen LogP contribution >= 0.6 is 0 Å². The van der Waals surface area contributed by atoms with Crippen molar-refractivity contribution in [2.45, 2.75) is 78.2 Å². The van der Waals surface area contributed by atoms with Gasteiger partial charge in [-0.2, -0.15) is 0 Å². The van der Waals surface area contributed by atoms with Crippen LogP contribution in [0.4, 0.5) is 0 Å². The first kappa shape index (κ1) is 16.1. The number of ether oxygens (including phenoxy) is 1. The highest BCUT2D eigenvalue weighted by Crippen LogP contribution is 2.65. The maximum absolute atomic E-state index is 12.8. The van der Waals surface area contributed by atoms with Crippen LogP contribution in [0.1, 0.15) is 72.1 Å². The van der Waals surface area contributed by atoms with Gasteiger partial charge in [-0.25, -0.2) is 0 Å². The van der Waals surface area contributed by atoms with Crippen molar-refractivity contribution in [3.05, 3.63) is 0 Å². The van der Waals surface area contributed by atoms with E-state index < -0.39 is 0 Å². The Hall–Kier alpha value is -0.370. The number of hydrogen-bond acceptors (Lipinski definition) is 2. The van der Waals surface area contributed by atoms with E-state index in [9.17, 15) is 4.79 Å². The van der Waals surface area contributed by atoms with Gasteiger partial charge in [0.25, 0.3) is 0 Å². The molecule has 4 fully saturated rings. The minimum Gasteiger partial charge on any atom is -0.374 e. The van der Waals surface area contributed by atoms with Crippen LogP contribution in [0.25, 0.3) is 0 Å². The van der Waals surface area contributed by atoms with Gasteiger partial charge in [-0.3, -0.25) is 4.79 Å². The summed E-state index contributed by atoms with van der Waals surface area (Å²) in [5.41, 5.74) is 0.456. The molecule has 0 aromatic heterocycles. The van der Waals surface area contributed by atoms with Crippen LogP contribution in [0, 0.1) is 40.4 Å². The molecule has 0 radical (unpaired) electrons. The lowest BCUT2D eigenvalue weighted by atomic mass is 9.45. The highest BCUT2D eigenvalue weighted by atomic mass is 16.5. The minimum absolute atomic E-state index is 0.0903. The van der Waals surface area contributed by atoms with Crippen molar-refractivity contribution < 1.29 is 9.53 Å². The third-order valence-corrected chi connectivity index (χ3v) is 8.93. The van der Waals surface area contributed by atoms with Crippen LogP contribution in [0.15, 0.2) is 0 Å². The molecule has 23 heavy (non-hydrogen) atoms. The van der Waals surface area contributed by atoms with E-state index in [0.717, 1.165) is 36.5 Å². The molecule has 3 unspecified atom stereocenters. The monoisotopic (exact) mass is 318 g/mol. The molecule has 2 nitrogen and oxygen atoms in total. The summed E-state index contributed by atoms with van der Waals surface area (Å²) >= 11 is 0. The number of carbonyl (C=O) groups is 1. The molecule has 0 bridgehead atoms. The number of Topliss-reactive ketones (excluding diaryl/α,β-unsaturated/α-hetero) is 1. The van der Waals surface area contributed by atoms with E-state index in [4.69, 9.17) is 4.74 Å². The van der Waals surface area contributed by atoms with Gasteiger partial charge in [0.15, 0.2) is 5.78 Å². The number of methoxy groups -OCH3 is 1. The topological polar surface area (TPSA) is 26.3 Å². The minimum atomic E-state index is -0.124. The van der Waals surface area contributed by atoms with Crippen molar-refractivity contribution in [2.75, 3.05) is 7.11 Å². The molecule has 4 aliphatic rings. The Morgan fingerprint density at radius 3 is 2.52 bits per heavy atom. The van der Waals surface area contributed by atoms with Gasteiger partial charge in [0.1, 0.15) is 6.10 Å². The van der Waals surface area contributed by atoms with E-state index in [1.54, 1.807) is 7.11 Å². The summed E-state index contributed by atoms with van der Waals surface area (Å²) in [5, 5.41) is 0. The molecule has 0 heterocycles. The Balaban J connectivity index is 1.63. The lowest BCUT2D eigenvalue weighted by molar-refractivity contribution is -0.143. The standard InChI is InChI=1S/C21H34O2/c1-13-7-9-20(2)14(11-13)5-6-15-16(20)8-10-21(3)17(15)12-18(23-4)19(21)22/h13-18H,5-12H2,1-4H3/t13?,14?,15-,16-,17+,18?,20+,21+/m1/s1. The molecule has 2 heteroatoms. The zero-order valence-corrected chi connectivity index (χ0v) is 15.4. The second-order valence-corrected chi connectivity index (χ2v) is 9.82. The number of hydrogen-bond donors (Lipinski definition) is 0. The molecule has 0 aromatic carbocycles. The fourth-order valence-corrected chi connectivity index (χ4v) is 7.44. The summed E-state index contributed by atoms with van der Waals surface area (Å²) in [6.07, 6.45) is 10.3. The fourth-order valence-electron chi connectivity index (χ4n) is 7.44. The third kappa shape index (κ3) is 2.12. The van der Waals surface area contributed by atoms with Crippen molar-refractivity contribution in [2.24, 2.45) is 40.4 Å². The van der Waals surface area contributed by atoms with E-state index in [1.165, 1.54) is 38.5 Å². The number of carbonyl (C=O) groups excluding carboxylic acids is 1. The molecule has 4 saturated carbocycles. The third-order valence-electron chi connectivity index (χ3n) is 8.93. The van der Waals surface area contributed by atoms with Crippen LogP contribution in [0.3, 0.4) is 0 Å². The van der Waals surface area contributed by atoms with Gasteiger partial charge in [0.2, 0.25) is 0 Å². The first-order chi connectivity index (χ1) is 10.9. The van der Waals surface area contributed by atoms with Gasteiger partial charge in [-0.1, -0.05) is 27.2 Å². The molecule has 130 valence electrons. The second kappa shape index (κ2) is 5.31. The number of fused-ring (bicyclic) bond motifs is 5. The van der Waals surface area contributed by atoms with Crippen molar-refractivity contribution >= 4 is 5.78 Å². The normalized spacial score (nSPS) is 55.9. The maximum Gasteiger partial charge on any atom is 0.167 e. The molecule has 0 saturated heterocycles. The highest BCUT2D eigenvalue weighted by Gasteiger charge is 2.62. The van der Waals surface area contributed by atoms with Crippen molar-refractivity contribution in [1.29, 1.82) is 0 Å². The summed E-state index contributed by atoms with van der Waals surface area (Å²) in [6, 6.07) is 0. The van der Waals surface area contributed by atoms with Crippen LogP contribution in [0.2, 0.25) is 0 Å². The van der Waals surface area contributed by atoms with Crippen LogP contribution in [0.5, 0.6) is 0 Å². The van der Waals surface area contributed by atoms with Crippen LogP contribution in [-0.4, -0.2) is 19.0 Å². The SMILES string of the molecule is COC1C[C@H]2[C@@H]3CCC4CC(C)CC[C@]4(C)[C@@H]3CC[C@]2(C)C1=O. The summed E-state index contributed by atoms with van der Waals surface area (Å²) in [6.45, 7) is 7.31. The van der Waals surface area contributed by atoms with E-state index in [0.29, 0.717) is 17.1 Å². The average molecular weight is 319 g/mol. The highest BCUT2D eigenvalue weighted by molar-refractivity contribution is 5.91. The number of ketones is 1. The molecule has 4 rings (SSSR count). The molecule has 4 aliphatic carbocycles.